The Kier molecular flexibility index (Phi) is 6.67. The fourth-order valence-electron chi connectivity index (χ4n) is 4.28. The van der Waals surface area contributed by atoms with Crippen LogP contribution < -0.4 is 10.1 Å². The molecule has 1 aliphatic carbocycles. The maximum absolute atomic E-state index is 11.4. The first kappa shape index (κ1) is 20.2. The first-order valence-corrected chi connectivity index (χ1v) is 11.3. The van der Waals surface area contributed by atoms with Crippen molar-refractivity contribution in [1.29, 1.82) is 0 Å². The van der Waals surface area contributed by atoms with E-state index in [4.69, 9.17) is 14.5 Å². The number of hydrogen-bond acceptors (Lipinski definition) is 6. The number of nitrogens with zero attached hydrogens (tertiary/aromatic N) is 2. The largest absolute Gasteiger partial charge is 0.493 e. The molecule has 2 aromatic rings. The summed E-state index contributed by atoms with van der Waals surface area (Å²) >= 11 is 1.75. The maximum Gasteiger partial charge on any atom is 0.210 e. The lowest BCUT2D eigenvalue weighted by Crippen LogP contribution is -2.39. The Morgan fingerprint density at radius 2 is 2.14 bits per heavy atom. The molecule has 4 rings (SSSR count). The average molecular weight is 416 g/mol. The summed E-state index contributed by atoms with van der Waals surface area (Å²) in [7, 11) is 1.68. The van der Waals surface area contributed by atoms with Crippen LogP contribution in [-0.4, -0.2) is 55.7 Å². The lowest BCUT2D eigenvalue weighted by atomic mass is 9.85. The highest BCUT2D eigenvalue weighted by atomic mass is 32.1. The predicted molar refractivity (Wildman–Crippen MR) is 116 cm³/mol. The Hall–Kier alpha value is -2.12. The summed E-state index contributed by atoms with van der Waals surface area (Å²) < 4.78 is 11.0. The number of methoxy groups -OCH3 is 1. The lowest BCUT2D eigenvalue weighted by Gasteiger charge is -2.34. The van der Waals surface area contributed by atoms with Gasteiger partial charge < -0.3 is 19.7 Å². The van der Waals surface area contributed by atoms with Gasteiger partial charge in [0.15, 0.2) is 5.13 Å². The smallest absolute Gasteiger partial charge is 0.210 e. The van der Waals surface area contributed by atoms with Crippen LogP contribution in [-0.2, 0) is 16.0 Å². The maximum atomic E-state index is 11.4. The fourth-order valence-corrected chi connectivity index (χ4v) is 5.24. The highest BCUT2D eigenvalue weighted by molar-refractivity contribution is 7.16. The fraction of sp³-hybridized carbons (Fsp3) is 0.545. The lowest BCUT2D eigenvalue weighted by molar-refractivity contribution is -0.121. The standard InChI is InChI=1S/C22H29N3O3S/c1-27-13-11-25(15-26)17-8-6-16(7-9-17)14-23-22-24-21-18-4-2-3-5-19(18)28-12-10-20(21)29-22/h2-5,15-17H,6-14H2,1H3,(H,23,24)/t16-,17-. The molecule has 1 saturated carbocycles. The minimum Gasteiger partial charge on any atom is -0.493 e. The van der Waals surface area contributed by atoms with E-state index >= 15 is 0 Å². The van der Waals surface area contributed by atoms with Crippen LogP contribution >= 0.6 is 11.3 Å². The average Bonchev–Trinajstić information content (AvgIpc) is 3.09. The molecule has 0 bridgehead atoms. The number of ether oxygens (including phenoxy) is 2. The molecule has 2 aliphatic rings. The van der Waals surface area contributed by atoms with Crippen LogP contribution in [0.1, 0.15) is 30.6 Å². The van der Waals surface area contributed by atoms with Gasteiger partial charge in [-0.15, -0.1) is 11.3 Å². The van der Waals surface area contributed by atoms with E-state index in [2.05, 4.69) is 11.4 Å². The number of carbonyl (C=O) groups is 1. The van der Waals surface area contributed by atoms with Gasteiger partial charge in [0.1, 0.15) is 5.75 Å². The molecular formula is C22H29N3O3S. The number of nitrogens with one attached hydrogen (secondary N) is 1. The number of fused-ring (bicyclic) bond motifs is 3. The number of thiazole rings is 1. The summed E-state index contributed by atoms with van der Waals surface area (Å²) in [6.45, 7) is 2.93. The first-order chi connectivity index (χ1) is 14.3. The Balaban J connectivity index is 1.32. The molecule has 0 radical (unpaired) electrons. The van der Waals surface area contributed by atoms with Gasteiger partial charge in [-0.05, 0) is 43.7 Å². The number of benzene rings is 1. The number of hydrogen-bond donors (Lipinski definition) is 1. The third-order valence-electron chi connectivity index (χ3n) is 5.94. The molecule has 1 aromatic carbocycles. The van der Waals surface area contributed by atoms with Crippen molar-refractivity contribution < 1.29 is 14.3 Å². The molecule has 1 N–H and O–H groups in total. The van der Waals surface area contributed by atoms with E-state index in [0.29, 0.717) is 31.7 Å². The van der Waals surface area contributed by atoms with E-state index < -0.39 is 0 Å². The van der Waals surface area contributed by atoms with Crippen LogP contribution in [0.4, 0.5) is 5.13 Å². The van der Waals surface area contributed by atoms with Gasteiger partial charge >= 0.3 is 0 Å². The Labute approximate surface area is 176 Å². The van der Waals surface area contributed by atoms with Crippen LogP contribution in [0.25, 0.3) is 11.3 Å². The first-order valence-electron chi connectivity index (χ1n) is 10.4. The second-order valence-electron chi connectivity index (χ2n) is 7.78. The number of aromatic nitrogens is 1. The van der Waals surface area contributed by atoms with Crippen molar-refractivity contribution >= 4 is 22.9 Å². The second kappa shape index (κ2) is 9.59. The van der Waals surface area contributed by atoms with E-state index in [1.165, 1.54) is 4.88 Å². The Morgan fingerprint density at radius 1 is 1.31 bits per heavy atom. The van der Waals surface area contributed by atoms with Gasteiger partial charge in [0.05, 0.1) is 18.9 Å². The van der Waals surface area contributed by atoms with E-state index in [1.807, 2.05) is 23.1 Å². The van der Waals surface area contributed by atoms with Gasteiger partial charge in [0.25, 0.3) is 0 Å². The van der Waals surface area contributed by atoms with Crippen molar-refractivity contribution in [2.75, 3.05) is 38.7 Å². The highest BCUT2D eigenvalue weighted by Gasteiger charge is 2.26. The molecule has 29 heavy (non-hydrogen) atoms. The van der Waals surface area contributed by atoms with E-state index in [1.54, 1.807) is 18.4 Å². The summed E-state index contributed by atoms with van der Waals surface area (Å²) in [4.78, 5) is 19.4. The van der Waals surface area contributed by atoms with Crippen molar-refractivity contribution in [1.82, 2.24) is 9.88 Å². The number of rotatable bonds is 8. The van der Waals surface area contributed by atoms with Gasteiger partial charge in [0, 0.05) is 43.1 Å². The minimum atomic E-state index is 0.353. The van der Waals surface area contributed by atoms with Crippen LogP contribution in [0.2, 0.25) is 0 Å². The summed E-state index contributed by atoms with van der Waals surface area (Å²) in [5, 5.41) is 4.58. The van der Waals surface area contributed by atoms with Crippen molar-refractivity contribution in [3.8, 4) is 17.0 Å². The number of amides is 1. The molecule has 1 amide bonds. The Bertz CT molecular complexity index is 817. The van der Waals surface area contributed by atoms with Crippen LogP contribution in [0.15, 0.2) is 24.3 Å². The molecule has 0 spiro atoms. The molecule has 1 fully saturated rings. The third-order valence-corrected chi connectivity index (χ3v) is 7.02. The number of anilines is 1. The zero-order valence-corrected chi connectivity index (χ0v) is 17.7. The summed E-state index contributed by atoms with van der Waals surface area (Å²) in [5.74, 6) is 1.55. The Morgan fingerprint density at radius 3 is 2.93 bits per heavy atom. The quantitative estimate of drug-likeness (QED) is 0.664. The number of para-hydroxylation sites is 1. The molecule has 0 saturated heterocycles. The van der Waals surface area contributed by atoms with Crippen LogP contribution in [0.3, 0.4) is 0 Å². The molecule has 1 aliphatic heterocycles. The van der Waals surface area contributed by atoms with Crippen molar-refractivity contribution in [2.45, 2.75) is 38.1 Å². The van der Waals surface area contributed by atoms with Gasteiger partial charge in [-0.25, -0.2) is 4.98 Å². The molecule has 2 heterocycles. The summed E-state index contributed by atoms with van der Waals surface area (Å²) in [6.07, 6.45) is 6.28. The van der Waals surface area contributed by atoms with Crippen molar-refractivity contribution in [2.24, 2.45) is 5.92 Å². The molecule has 1 aromatic heterocycles. The topological polar surface area (TPSA) is 63.7 Å². The van der Waals surface area contributed by atoms with Gasteiger partial charge in [-0.1, -0.05) is 12.1 Å². The normalized spacial score (nSPS) is 20.7. The van der Waals surface area contributed by atoms with Crippen molar-refractivity contribution in [3.05, 3.63) is 29.1 Å². The SMILES string of the molecule is COCCN(C=O)[C@H]1CC[C@H](CNc2nc3c(s2)CCOc2ccccc2-3)CC1. The van der Waals surface area contributed by atoms with E-state index in [9.17, 15) is 4.79 Å². The van der Waals surface area contributed by atoms with Gasteiger partial charge in [0.2, 0.25) is 6.41 Å². The van der Waals surface area contributed by atoms with E-state index in [0.717, 1.165) is 67.2 Å². The predicted octanol–water partition coefficient (Wildman–Crippen LogP) is 3.82. The second-order valence-corrected chi connectivity index (χ2v) is 8.86. The van der Waals surface area contributed by atoms with Gasteiger partial charge in [-0.2, -0.15) is 0 Å². The molecular weight excluding hydrogens is 386 g/mol. The van der Waals surface area contributed by atoms with Crippen molar-refractivity contribution in [3.63, 3.8) is 0 Å². The van der Waals surface area contributed by atoms with Crippen LogP contribution in [0.5, 0.6) is 5.75 Å². The highest BCUT2D eigenvalue weighted by Crippen LogP contribution is 2.39. The van der Waals surface area contributed by atoms with E-state index in [-0.39, 0.29) is 0 Å². The molecule has 0 unspecified atom stereocenters. The minimum absolute atomic E-state index is 0.353. The summed E-state index contributed by atoms with van der Waals surface area (Å²) in [6, 6.07) is 8.51. The molecule has 0 atom stereocenters. The monoisotopic (exact) mass is 415 g/mol. The molecule has 7 heteroatoms. The van der Waals surface area contributed by atoms with Gasteiger partial charge in [-0.3, -0.25) is 4.79 Å². The zero-order chi connectivity index (χ0) is 20.1. The zero-order valence-electron chi connectivity index (χ0n) is 16.9. The third kappa shape index (κ3) is 4.73. The molecule has 6 nitrogen and oxygen atoms in total. The summed E-state index contributed by atoms with van der Waals surface area (Å²) in [5.41, 5.74) is 2.16. The number of carbonyl (C=O) groups excluding carboxylic acids is 1. The van der Waals surface area contributed by atoms with Crippen LogP contribution in [0, 0.1) is 5.92 Å². The molecule has 156 valence electrons.